The number of rotatable bonds is 9. The van der Waals surface area contributed by atoms with Gasteiger partial charge in [-0.15, -0.1) is 11.8 Å². The number of thioether (sulfide) groups is 1. The molecule has 0 saturated carbocycles. The van der Waals surface area contributed by atoms with E-state index in [0.29, 0.717) is 0 Å². The van der Waals surface area contributed by atoms with E-state index in [1.165, 1.54) is 0 Å². The van der Waals surface area contributed by atoms with Gasteiger partial charge in [-0.05, 0) is 0 Å². The predicted octanol–water partition coefficient (Wildman–Crippen LogP) is -3.53. The maximum Gasteiger partial charge on any atom is 0.303 e. The van der Waals surface area contributed by atoms with Crippen LogP contribution in [-0.4, -0.2) is 153 Å². The molecule has 0 spiro atoms. The van der Waals surface area contributed by atoms with Gasteiger partial charge in [0.2, 0.25) is 6.36 Å². The van der Waals surface area contributed by atoms with E-state index in [2.05, 4.69) is 0 Å². The molecular formula is C23H35FO16S. The van der Waals surface area contributed by atoms with Crippen LogP contribution >= 0.6 is 11.8 Å². The highest BCUT2D eigenvalue weighted by molar-refractivity contribution is 7.99. The number of hydrogen-bond donors (Lipinski definition) is 6. The molecule has 3 heterocycles. The molecule has 16 nitrogen and oxygen atoms in total. The van der Waals surface area contributed by atoms with Crippen molar-refractivity contribution in [3.63, 3.8) is 0 Å². The second kappa shape index (κ2) is 14.6. The van der Waals surface area contributed by atoms with Gasteiger partial charge in [0.15, 0.2) is 24.6 Å². The first-order valence-corrected chi connectivity index (χ1v) is 13.7. The van der Waals surface area contributed by atoms with Crippen LogP contribution in [0.5, 0.6) is 0 Å². The van der Waals surface area contributed by atoms with Crippen molar-refractivity contribution in [3.05, 3.63) is 0 Å². The van der Waals surface area contributed by atoms with E-state index in [-0.39, 0.29) is 12.4 Å². The largest absolute Gasteiger partial charge is 0.456 e. The average Bonchev–Trinajstić information content (AvgIpc) is 2.89. The minimum atomic E-state index is -2.33. The van der Waals surface area contributed by atoms with E-state index in [1.54, 1.807) is 0 Å². The third kappa shape index (κ3) is 8.23. The Morgan fingerprint density at radius 3 is 1.98 bits per heavy atom. The van der Waals surface area contributed by atoms with Crippen LogP contribution in [0.4, 0.5) is 4.39 Å². The van der Waals surface area contributed by atoms with Crippen molar-refractivity contribution in [2.75, 3.05) is 19.0 Å². The standard InChI is InChI=1S/C23H35FO16S/c1-7(26)35-11-5-34-23(20(37-9(3)28)19(11)36-8(2)27)41-6-12-13(29)14(30)17(33)22(39-12)40-18-10(4-25)38-21(24)16(32)15(18)31/h10-23,25,29-33H,4-6H2,1-3H3/t10-,11-,12-,13-,14+,15-,16-,17-,18-,19+,20-,21+,22+,23-/m1/s1. The van der Waals surface area contributed by atoms with Crippen LogP contribution in [0, 0.1) is 0 Å². The fraction of sp³-hybridized carbons (Fsp3) is 0.870. The number of alkyl halides is 1. The fourth-order valence-corrected chi connectivity index (χ4v) is 5.80. The summed E-state index contributed by atoms with van der Waals surface area (Å²) < 4.78 is 51.1. The van der Waals surface area contributed by atoms with Crippen LogP contribution in [0.2, 0.25) is 0 Å². The number of hydrogen-bond acceptors (Lipinski definition) is 17. The van der Waals surface area contributed by atoms with E-state index in [0.717, 1.165) is 32.5 Å². The van der Waals surface area contributed by atoms with E-state index < -0.39 is 110 Å². The van der Waals surface area contributed by atoms with Crippen LogP contribution in [-0.2, 0) is 47.5 Å². The number of halogens is 1. The Morgan fingerprint density at radius 2 is 1.39 bits per heavy atom. The maximum atomic E-state index is 13.8. The number of carbonyl (C=O) groups is 3. The molecule has 0 bridgehead atoms. The molecule has 0 radical (unpaired) electrons. The second-order valence-electron chi connectivity index (χ2n) is 9.64. The number of ether oxygens (including phenoxy) is 7. The summed E-state index contributed by atoms with van der Waals surface area (Å²) in [5.41, 5.74) is -1.06. The summed E-state index contributed by atoms with van der Waals surface area (Å²) in [5, 5.41) is 61.0. The summed E-state index contributed by atoms with van der Waals surface area (Å²) in [5.74, 6) is -2.43. The van der Waals surface area contributed by atoms with Crippen molar-refractivity contribution in [3.8, 4) is 0 Å². The lowest BCUT2D eigenvalue weighted by Crippen LogP contribution is -2.64. The summed E-state index contributed by atoms with van der Waals surface area (Å²) in [4.78, 5) is 35.1. The van der Waals surface area contributed by atoms with E-state index in [4.69, 9.17) is 33.2 Å². The van der Waals surface area contributed by atoms with Gasteiger partial charge < -0.3 is 63.8 Å². The van der Waals surface area contributed by atoms with Crippen LogP contribution in [0.25, 0.3) is 0 Å². The van der Waals surface area contributed by atoms with Gasteiger partial charge in [-0.25, -0.2) is 4.39 Å². The van der Waals surface area contributed by atoms with Gasteiger partial charge in [0.1, 0.15) is 48.2 Å². The molecule has 3 saturated heterocycles. The summed E-state index contributed by atoms with van der Waals surface area (Å²) in [6.45, 7) is 2.24. The predicted molar refractivity (Wildman–Crippen MR) is 129 cm³/mol. The Labute approximate surface area is 237 Å². The third-order valence-electron chi connectivity index (χ3n) is 6.50. The number of carbonyl (C=O) groups excluding carboxylic acids is 3. The lowest BCUT2D eigenvalue weighted by atomic mass is 9.97. The first kappa shape index (κ1) is 33.8. The van der Waals surface area contributed by atoms with Crippen LogP contribution in [0.3, 0.4) is 0 Å². The molecule has 3 fully saturated rings. The molecule has 14 atom stereocenters. The van der Waals surface area contributed by atoms with Gasteiger partial charge in [-0.2, -0.15) is 0 Å². The zero-order chi connectivity index (χ0) is 30.6. The lowest BCUT2D eigenvalue weighted by molar-refractivity contribution is -0.344. The summed E-state index contributed by atoms with van der Waals surface area (Å²) in [6.07, 6.45) is -21.4. The Morgan fingerprint density at radius 1 is 0.780 bits per heavy atom. The Bertz CT molecular complexity index is 911. The summed E-state index contributed by atoms with van der Waals surface area (Å²) >= 11 is 0.899. The number of esters is 3. The molecule has 0 aromatic carbocycles. The molecule has 6 N–H and O–H groups in total. The van der Waals surface area contributed by atoms with Gasteiger partial charge in [-0.1, -0.05) is 0 Å². The quantitative estimate of drug-likeness (QED) is 0.108. The molecule has 0 aromatic heterocycles. The zero-order valence-corrected chi connectivity index (χ0v) is 23.1. The van der Waals surface area contributed by atoms with E-state index in [9.17, 15) is 49.4 Å². The average molecular weight is 619 g/mol. The smallest absolute Gasteiger partial charge is 0.303 e. The van der Waals surface area contributed by atoms with Gasteiger partial charge in [-0.3, -0.25) is 14.4 Å². The highest BCUT2D eigenvalue weighted by Crippen LogP contribution is 2.34. The van der Waals surface area contributed by atoms with Gasteiger partial charge in [0.25, 0.3) is 0 Å². The van der Waals surface area contributed by atoms with Gasteiger partial charge >= 0.3 is 17.9 Å². The Balaban J connectivity index is 1.74. The highest BCUT2D eigenvalue weighted by atomic mass is 32.2. The topological polar surface area (TPSA) is 237 Å². The van der Waals surface area contributed by atoms with E-state index >= 15 is 0 Å². The van der Waals surface area contributed by atoms with Crippen molar-refractivity contribution in [2.45, 2.75) is 106 Å². The van der Waals surface area contributed by atoms with Crippen molar-refractivity contribution in [1.82, 2.24) is 0 Å². The van der Waals surface area contributed by atoms with Crippen molar-refractivity contribution < 1.29 is 82.6 Å². The molecule has 0 aliphatic carbocycles. The van der Waals surface area contributed by atoms with Crippen molar-refractivity contribution >= 4 is 29.7 Å². The van der Waals surface area contributed by atoms with Gasteiger partial charge in [0.05, 0.1) is 19.3 Å². The molecule has 3 rings (SSSR count). The molecule has 3 aliphatic rings. The molecule has 18 heteroatoms. The second-order valence-corrected chi connectivity index (χ2v) is 10.8. The lowest BCUT2D eigenvalue weighted by Gasteiger charge is -2.45. The summed E-state index contributed by atoms with van der Waals surface area (Å²) in [7, 11) is 0. The van der Waals surface area contributed by atoms with Crippen molar-refractivity contribution in [2.24, 2.45) is 0 Å². The van der Waals surface area contributed by atoms with Crippen LogP contribution in [0.1, 0.15) is 20.8 Å². The van der Waals surface area contributed by atoms with Crippen LogP contribution in [0.15, 0.2) is 0 Å². The minimum Gasteiger partial charge on any atom is -0.456 e. The zero-order valence-electron chi connectivity index (χ0n) is 22.3. The summed E-state index contributed by atoms with van der Waals surface area (Å²) in [6, 6.07) is 0. The minimum absolute atomic E-state index is 0.208. The molecule has 0 amide bonds. The maximum absolute atomic E-state index is 13.8. The SMILES string of the molecule is CC(=O)O[C@@H]1[C@@H](OC(C)=O)[C@H](OC(C)=O)CO[C@@H]1SC[C@H]1O[C@@H](O[C@H]2[C@H](O)[C@@H](O)[C@@H](F)O[C@@H]2CO)[C@H](O)[C@@H](O)[C@@H]1O. The molecule has 0 aromatic rings. The number of aliphatic hydroxyl groups excluding tert-OH is 6. The fourth-order valence-electron chi connectivity index (χ4n) is 4.57. The van der Waals surface area contributed by atoms with E-state index in [1.807, 2.05) is 0 Å². The monoisotopic (exact) mass is 618 g/mol. The molecule has 236 valence electrons. The molecule has 41 heavy (non-hydrogen) atoms. The molecular weight excluding hydrogens is 583 g/mol. The van der Waals surface area contributed by atoms with Crippen molar-refractivity contribution in [1.29, 1.82) is 0 Å². The number of aliphatic hydroxyl groups is 6. The normalized spacial score (nSPS) is 43.2. The third-order valence-corrected chi connectivity index (χ3v) is 7.75. The Kier molecular flexibility index (Phi) is 12.1. The van der Waals surface area contributed by atoms with Gasteiger partial charge in [0, 0.05) is 26.5 Å². The first-order valence-electron chi connectivity index (χ1n) is 12.6. The highest BCUT2D eigenvalue weighted by Gasteiger charge is 2.52. The first-order chi connectivity index (χ1) is 19.2. The molecule has 3 aliphatic heterocycles. The molecule has 0 unspecified atom stereocenters. The van der Waals surface area contributed by atoms with Crippen LogP contribution < -0.4 is 0 Å². The Hall–Kier alpha value is -1.71.